The first-order valence-corrected chi connectivity index (χ1v) is 4.75. The van der Waals surface area contributed by atoms with E-state index in [1.807, 2.05) is 25.3 Å². The van der Waals surface area contributed by atoms with Crippen LogP contribution in [0.1, 0.15) is 11.3 Å². The summed E-state index contributed by atoms with van der Waals surface area (Å²) in [7, 11) is 0. The lowest BCUT2D eigenvalue weighted by Gasteiger charge is -2.00. The highest BCUT2D eigenvalue weighted by atomic mass is 16.3. The average Bonchev–Trinajstić information content (AvgIpc) is 2.61. The van der Waals surface area contributed by atoms with Gasteiger partial charge in [-0.3, -0.25) is 0 Å². The molecule has 0 saturated carbocycles. The number of phenols is 1. The highest BCUT2D eigenvalue weighted by Crippen LogP contribution is 2.15. The van der Waals surface area contributed by atoms with Crippen LogP contribution in [-0.2, 0) is 6.54 Å². The smallest absolute Gasteiger partial charge is 0.115 e. The van der Waals surface area contributed by atoms with E-state index in [9.17, 15) is 0 Å². The quantitative estimate of drug-likeness (QED) is 0.774. The molecule has 0 aliphatic heterocycles. The van der Waals surface area contributed by atoms with Gasteiger partial charge in [0.1, 0.15) is 5.75 Å². The summed E-state index contributed by atoms with van der Waals surface area (Å²) in [6.07, 6.45) is 1.90. The molecule has 2 rings (SSSR count). The standard InChI is InChI=1S/C11H13N3O/c1-8-9(6-12)7-14(13-8)10-2-4-11(15)5-3-10/h2-5,7,15H,6,12H2,1H3. The minimum atomic E-state index is 0.252. The van der Waals surface area contributed by atoms with Crippen molar-refractivity contribution in [3.05, 3.63) is 41.7 Å². The van der Waals surface area contributed by atoms with Crippen LogP contribution in [0.25, 0.3) is 5.69 Å². The van der Waals surface area contributed by atoms with Crippen LogP contribution in [0.3, 0.4) is 0 Å². The van der Waals surface area contributed by atoms with E-state index in [4.69, 9.17) is 10.8 Å². The van der Waals surface area contributed by atoms with E-state index in [0.29, 0.717) is 6.54 Å². The number of rotatable bonds is 2. The summed E-state index contributed by atoms with van der Waals surface area (Å²) >= 11 is 0. The van der Waals surface area contributed by atoms with Crippen LogP contribution >= 0.6 is 0 Å². The third kappa shape index (κ3) is 1.85. The van der Waals surface area contributed by atoms with Gasteiger partial charge in [-0.1, -0.05) is 0 Å². The van der Waals surface area contributed by atoms with Gasteiger partial charge in [-0.2, -0.15) is 5.10 Å². The fourth-order valence-electron chi connectivity index (χ4n) is 1.43. The van der Waals surface area contributed by atoms with Gasteiger partial charge in [-0.15, -0.1) is 0 Å². The molecule has 4 nitrogen and oxygen atoms in total. The number of aromatic nitrogens is 2. The molecule has 0 aliphatic rings. The predicted molar refractivity (Wildman–Crippen MR) is 57.9 cm³/mol. The van der Waals surface area contributed by atoms with Gasteiger partial charge < -0.3 is 10.8 Å². The SMILES string of the molecule is Cc1nn(-c2ccc(O)cc2)cc1CN. The van der Waals surface area contributed by atoms with E-state index >= 15 is 0 Å². The molecule has 0 saturated heterocycles. The number of benzene rings is 1. The van der Waals surface area contributed by atoms with Gasteiger partial charge in [0, 0.05) is 18.3 Å². The Hall–Kier alpha value is -1.81. The molecule has 0 atom stereocenters. The zero-order chi connectivity index (χ0) is 10.8. The lowest BCUT2D eigenvalue weighted by Crippen LogP contribution is -1.95. The van der Waals surface area contributed by atoms with Crippen molar-refractivity contribution >= 4 is 0 Å². The number of nitrogens with two attached hydrogens (primary N) is 1. The highest BCUT2D eigenvalue weighted by Gasteiger charge is 2.04. The molecule has 1 aromatic carbocycles. The molecule has 3 N–H and O–H groups in total. The Morgan fingerprint density at radius 3 is 2.53 bits per heavy atom. The minimum absolute atomic E-state index is 0.252. The van der Waals surface area contributed by atoms with Crippen LogP contribution in [0, 0.1) is 6.92 Å². The van der Waals surface area contributed by atoms with Crippen molar-refractivity contribution in [1.82, 2.24) is 9.78 Å². The third-order valence-electron chi connectivity index (χ3n) is 2.33. The van der Waals surface area contributed by atoms with Gasteiger partial charge in [0.25, 0.3) is 0 Å². The Morgan fingerprint density at radius 1 is 1.33 bits per heavy atom. The number of hydrogen-bond donors (Lipinski definition) is 2. The normalized spacial score (nSPS) is 10.5. The first kappa shape index (κ1) is 9.73. The van der Waals surface area contributed by atoms with E-state index in [-0.39, 0.29) is 5.75 Å². The van der Waals surface area contributed by atoms with Gasteiger partial charge in [-0.05, 0) is 31.2 Å². The third-order valence-corrected chi connectivity index (χ3v) is 2.33. The maximum Gasteiger partial charge on any atom is 0.115 e. The van der Waals surface area contributed by atoms with Gasteiger partial charge in [0.15, 0.2) is 0 Å². The molecule has 4 heteroatoms. The van der Waals surface area contributed by atoms with Gasteiger partial charge in [0.05, 0.1) is 11.4 Å². The van der Waals surface area contributed by atoms with Crippen LogP contribution in [0.2, 0.25) is 0 Å². The fourth-order valence-corrected chi connectivity index (χ4v) is 1.43. The summed E-state index contributed by atoms with van der Waals surface area (Å²) in [5.41, 5.74) is 8.45. The van der Waals surface area contributed by atoms with Crippen LogP contribution in [0.15, 0.2) is 30.5 Å². The van der Waals surface area contributed by atoms with E-state index in [1.165, 1.54) is 0 Å². The summed E-state index contributed by atoms with van der Waals surface area (Å²) < 4.78 is 1.76. The number of aromatic hydroxyl groups is 1. The molecule has 0 amide bonds. The maximum absolute atomic E-state index is 9.16. The van der Waals surface area contributed by atoms with E-state index < -0.39 is 0 Å². The second kappa shape index (κ2) is 3.74. The monoisotopic (exact) mass is 203 g/mol. The van der Waals surface area contributed by atoms with Gasteiger partial charge >= 0.3 is 0 Å². The largest absolute Gasteiger partial charge is 0.508 e. The van der Waals surface area contributed by atoms with Gasteiger partial charge in [-0.25, -0.2) is 4.68 Å². The molecule has 0 unspecified atom stereocenters. The Labute approximate surface area is 88.0 Å². The summed E-state index contributed by atoms with van der Waals surface area (Å²) in [5, 5.41) is 13.5. The lowest BCUT2D eigenvalue weighted by molar-refractivity contribution is 0.475. The Kier molecular flexibility index (Phi) is 2.43. The van der Waals surface area contributed by atoms with Gasteiger partial charge in [0.2, 0.25) is 0 Å². The number of nitrogens with zero attached hydrogens (tertiary/aromatic N) is 2. The molecule has 0 bridgehead atoms. The van der Waals surface area contributed by atoms with Crippen LogP contribution in [0.4, 0.5) is 0 Å². The second-order valence-electron chi connectivity index (χ2n) is 3.40. The zero-order valence-corrected chi connectivity index (χ0v) is 8.51. The second-order valence-corrected chi connectivity index (χ2v) is 3.40. The summed E-state index contributed by atoms with van der Waals surface area (Å²) in [6, 6.07) is 6.88. The molecule has 2 aromatic rings. The topological polar surface area (TPSA) is 64.1 Å². The molecule has 0 fully saturated rings. The lowest BCUT2D eigenvalue weighted by atomic mass is 10.3. The fraction of sp³-hybridized carbons (Fsp3) is 0.182. The Morgan fingerprint density at radius 2 is 2.00 bits per heavy atom. The van der Waals surface area contributed by atoms with Crippen LogP contribution < -0.4 is 5.73 Å². The van der Waals surface area contributed by atoms with Crippen molar-refractivity contribution in [2.24, 2.45) is 5.73 Å². The van der Waals surface area contributed by atoms with E-state index in [1.54, 1.807) is 16.8 Å². The molecule has 0 spiro atoms. The molecule has 15 heavy (non-hydrogen) atoms. The van der Waals surface area contributed by atoms with Crippen molar-refractivity contribution in [2.45, 2.75) is 13.5 Å². The minimum Gasteiger partial charge on any atom is -0.508 e. The van der Waals surface area contributed by atoms with Crippen molar-refractivity contribution in [3.63, 3.8) is 0 Å². The van der Waals surface area contributed by atoms with Crippen molar-refractivity contribution in [1.29, 1.82) is 0 Å². The summed E-state index contributed by atoms with van der Waals surface area (Å²) in [5.74, 6) is 0.252. The van der Waals surface area contributed by atoms with Crippen molar-refractivity contribution in [3.8, 4) is 11.4 Å². The highest BCUT2D eigenvalue weighted by molar-refractivity contribution is 5.37. The molecule has 0 radical (unpaired) electrons. The maximum atomic E-state index is 9.16. The number of phenolic OH excluding ortho intramolecular Hbond substituents is 1. The molecular weight excluding hydrogens is 190 g/mol. The Balaban J connectivity index is 2.41. The predicted octanol–water partition coefficient (Wildman–Crippen LogP) is 1.35. The van der Waals surface area contributed by atoms with Crippen LogP contribution in [-0.4, -0.2) is 14.9 Å². The Bertz CT molecular complexity index is 459. The molecule has 78 valence electrons. The number of aryl methyl sites for hydroxylation is 1. The molecule has 0 aliphatic carbocycles. The zero-order valence-electron chi connectivity index (χ0n) is 8.51. The average molecular weight is 203 g/mol. The van der Waals surface area contributed by atoms with Crippen LogP contribution in [0.5, 0.6) is 5.75 Å². The van der Waals surface area contributed by atoms with Crippen molar-refractivity contribution < 1.29 is 5.11 Å². The summed E-state index contributed by atoms with van der Waals surface area (Å²) in [6.45, 7) is 2.42. The molecular formula is C11H13N3O. The van der Waals surface area contributed by atoms with Crippen molar-refractivity contribution in [2.75, 3.05) is 0 Å². The first-order chi connectivity index (χ1) is 7.20. The number of hydrogen-bond acceptors (Lipinski definition) is 3. The van der Waals surface area contributed by atoms with E-state index in [2.05, 4.69) is 5.10 Å². The molecule has 1 heterocycles. The first-order valence-electron chi connectivity index (χ1n) is 4.75. The van der Waals surface area contributed by atoms with E-state index in [0.717, 1.165) is 16.9 Å². The summed E-state index contributed by atoms with van der Waals surface area (Å²) in [4.78, 5) is 0. The molecule has 1 aromatic heterocycles.